The minimum absolute atomic E-state index is 0.749. The number of hydrogen-bond donors (Lipinski definition) is 0. The zero-order chi connectivity index (χ0) is 32.3. The summed E-state index contributed by atoms with van der Waals surface area (Å²) in [4.78, 5) is 9.83. The molecule has 49 heavy (non-hydrogen) atoms. The summed E-state index contributed by atoms with van der Waals surface area (Å²) < 4.78 is 11.1. The first-order valence-electron chi connectivity index (χ1n) is 16.4. The van der Waals surface area contributed by atoms with Gasteiger partial charge < -0.3 is 9.30 Å². The zero-order valence-electron chi connectivity index (χ0n) is 26.4. The van der Waals surface area contributed by atoms with E-state index in [9.17, 15) is 0 Å². The minimum atomic E-state index is 0.749. The van der Waals surface area contributed by atoms with Gasteiger partial charge in [0.2, 0.25) is 0 Å². The molecule has 4 aromatic heterocycles. The van der Waals surface area contributed by atoms with Crippen LogP contribution in [-0.4, -0.2) is 19.1 Å². The second-order valence-corrected chi connectivity index (χ2v) is 12.3. The van der Waals surface area contributed by atoms with Crippen molar-refractivity contribution in [3.63, 3.8) is 0 Å². The largest absolute Gasteiger partial charge is 0.457 e. The Balaban J connectivity index is 1.09. The van der Waals surface area contributed by atoms with E-state index in [1.54, 1.807) is 0 Å². The second-order valence-electron chi connectivity index (χ2n) is 12.3. The van der Waals surface area contributed by atoms with E-state index in [0.29, 0.717) is 0 Å². The van der Waals surface area contributed by atoms with Gasteiger partial charge in [0.15, 0.2) is 0 Å². The molecule has 230 valence electrons. The molecule has 0 saturated heterocycles. The van der Waals surface area contributed by atoms with E-state index in [1.807, 2.05) is 48.7 Å². The van der Waals surface area contributed by atoms with Crippen molar-refractivity contribution in [1.82, 2.24) is 19.1 Å². The normalized spacial score (nSPS) is 11.7. The maximum Gasteiger partial charge on any atom is 0.139 e. The highest BCUT2D eigenvalue weighted by Gasteiger charge is 2.17. The summed E-state index contributed by atoms with van der Waals surface area (Å²) in [5.74, 6) is 2.34. The van der Waals surface area contributed by atoms with Gasteiger partial charge in [-0.05, 0) is 60.7 Å². The highest BCUT2D eigenvalue weighted by Crippen LogP contribution is 2.37. The Morgan fingerprint density at radius 1 is 0.449 bits per heavy atom. The number of benzene rings is 6. The number of nitrogens with zero attached hydrogens (tertiary/aromatic N) is 4. The Morgan fingerprint density at radius 3 is 1.88 bits per heavy atom. The van der Waals surface area contributed by atoms with Crippen LogP contribution < -0.4 is 4.74 Å². The fourth-order valence-electron chi connectivity index (χ4n) is 7.21. The van der Waals surface area contributed by atoms with Crippen molar-refractivity contribution in [3.05, 3.63) is 170 Å². The first-order valence-corrected chi connectivity index (χ1v) is 16.4. The average molecular weight is 629 g/mol. The third-order valence-electron chi connectivity index (χ3n) is 9.41. The van der Waals surface area contributed by atoms with Crippen LogP contribution in [0.4, 0.5) is 0 Å². The van der Waals surface area contributed by atoms with E-state index in [1.165, 1.54) is 21.8 Å². The summed E-state index contributed by atoms with van der Waals surface area (Å²) in [5, 5.41) is 5.89. The van der Waals surface area contributed by atoms with Crippen LogP contribution in [0.1, 0.15) is 0 Å². The van der Waals surface area contributed by atoms with E-state index in [2.05, 4.69) is 130 Å². The van der Waals surface area contributed by atoms with Crippen molar-refractivity contribution in [1.29, 1.82) is 0 Å². The van der Waals surface area contributed by atoms with Gasteiger partial charge in [0.1, 0.15) is 17.3 Å². The van der Waals surface area contributed by atoms with Crippen molar-refractivity contribution in [3.8, 4) is 34.3 Å². The third kappa shape index (κ3) is 4.48. The molecular weight excluding hydrogens is 601 g/mol. The first kappa shape index (κ1) is 27.4. The van der Waals surface area contributed by atoms with Crippen LogP contribution in [-0.2, 0) is 0 Å². The SMILES string of the molecule is c1cc(Oc2ccc3c4ccccc4n(-c4cc(-n5c6ccccc6c6ccccc65)ccn4)c3c2)cc(-c2ccc3ccccc3n2)c1. The lowest BCUT2D eigenvalue weighted by Gasteiger charge is -2.12. The van der Waals surface area contributed by atoms with E-state index < -0.39 is 0 Å². The average Bonchev–Trinajstić information content (AvgIpc) is 3.67. The van der Waals surface area contributed by atoms with Gasteiger partial charge in [0, 0.05) is 50.8 Å². The predicted molar refractivity (Wildman–Crippen MR) is 200 cm³/mol. The summed E-state index contributed by atoms with van der Waals surface area (Å²) >= 11 is 0. The molecule has 0 fully saturated rings. The topological polar surface area (TPSA) is 44.9 Å². The maximum absolute atomic E-state index is 6.54. The molecule has 0 atom stereocenters. The lowest BCUT2D eigenvalue weighted by Crippen LogP contribution is -2.01. The fourth-order valence-corrected chi connectivity index (χ4v) is 7.21. The van der Waals surface area contributed by atoms with Gasteiger partial charge in [-0.25, -0.2) is 9.97 Å². The number of ether oxygens (including phenoxy) is 1. The number of fused-ring (bicyclic) bond motifs is 7. The second kappa shape index (κ2) is 10.9. The summed E-state index contributed by atoms with van der Waals surface area (Å²) in [6, 6.07) is 56.7. The smallest absolute Gasteiger partial charge is 0.139 e. The molecule has 5 nitrogen and oxygen atoms in total. The van der Waals surface area contributed by atoms with Crippen molar-refractivity contribution in [2.45, 2.75) is 0 Å². The van der Waals surface area contributed by atoms with E-state index in [0.717, 1.165) is 67.0 Å². The number of hydrogen-bond acceptors (Lipinski definition) is 3. The maximum atomic E-state index is 6.54. The summed E-state index contributed by atoms with van der Waals surface area (Å²) in [6.07, 6.45) is 1.90. The van der Waals surface area contributed by atoms with E-state index in [-0.39, 0.29) is 0 Å². The van der Waals surface area contributed by atoms with E-state index >= 15 is 0 Å². The summed E-state index contributed by atoms with van der Waals surface area (Å²) in [7, 11) is 0. The molecule has 0 amide bonds. The van der Waals surface area contributed by atoms with Crippen LogP contribution in [0.25, 0.3) is 77.3 Å². The molecular formula is C44H28N4O. The van der Waals surface area contributed by atoms with Gasteiger partial charge in [-0.1, -0.05) is 91.0 Å². The number of aromatic nitrogens is 4. The Labute approximate surface area is 281 Å². The highest BCUT2D eigenvalue weighted by molar-refractivity contribution is 6.10. The monoisotopic (exact) mass is 628 g/mol. The molecule has 0 saturated carbocycles. The quantitative estimate of drug-likeness (QED) is 0.190. The van der Waals surface area contributed by atoms with Crippen LogP contribution in [0.15, 0.2) is 170 Å². The molecule has 0 bridgehead atoms. The molecule has 4 heterocycles. The first-order chi connectivity index (χ1) is 24.3. The molecule has 0 radical (unpaired) electrons. The molecule has 0 unspecified atom stereocenters. The Bertz CT molecular complexity index is 2830. The number of pyridine rings is 2. The molecule has 0 aliphatic heterocycles. The predicted octanol–water partition coefficient (Wildman–Crippen LogP) is 11.3. The Kier molecular flexibility index (Phi) is 6.11. The minimum Gasteiger partial charge on any atom is -0.457 e. The van der Waals surface area contributed by atoms with Crippen molar-refractivity contribution in [2.24, 2.45) is 0 Å². The number of para-hydroxylation sites is 4. The van der Waals surface area contributed by atoms with Gasteiger partial charge in [-0.15, -0.1) is 0 Å². The molecule has 10 rings (SSSR count). The number of rotatable bonds is 5. The molecule has 10 aromatic rings. The molecule has 0 spiro atoms. The third-order valence-corrected chi connectivity index (χ3v) is 9.41. The highest BCUT2D eigenvalue weighted by atomic mass is 16.5. The van der Waals surface area contributed by atoms with Crippen LogP contribution >= 0.6 is 0 Å². The van der Waals surface area contributed by atoms with Crippen LogP contribution in [0.3, 0.4) is 0 Å². The molecule has 0 N–H and O–H groups in total. The van der Waals surface area contributed by atoms with Gasteiger partial charge >= 0.3 is 0 Å². The van der Waals surface area contributed by atoms with Gasteiger partial charge in [0.25, 0.3) is 0 Å². The van der Waals surface area contributed by atoms with E-state index in [4.69, 9.17) is 14.7 Å². The van der Waals surface area contributed by atoms with Crippen molar-refractivity contribution >= 4 is 54.5 Å². The Hall–Kier alpha value is -6.72. The summed E-state index contributed by atoms with van der Waals surface area (Å²) in [6.45, 7) is 0. The van der Waals surface area contributed by atoms with Gasteiger partial charge in [-0.2, -0.15) is 0 Å². The molecule has 6 aromatic carbocycles. The fraction of sp³-hybridized carbons (Fsp3) is 0. The molecule has 0 aliphatic carbocycles. The van der Waals surface area contributed by atoms with Crippen LogP contribution in [0.2, 0.25) is 0 Å². The summed E-state index contributed by atoms with van der Waals surface area (Å²) in [5.41, 5.74) is 8.39. The van der Waals surface area contributed by atoms with Crippen molar-refractivity contribution < 1.29 is 4.74 Å². The van der Waals surface area contributed by atoms with Gasteiger partial charge in [-0.3, -0.25) is 4.57 Å². The standard InChI is InChI=1S/C44H28N4O/c1-5-16-38-29(10-1)20-23-39(46-38)30-11-9-12-32(26-30)49-33-21-22-37-36-15-4-8-19-42(36)48(43(37)28-33)44-27-31(24-25-45-44)47-40-17-6-2-13-34(40)35-14-3-7-18-41(35)47/h1-28H. The van der Waals surface area contributed by atoms with Crippen molar-refractivity contribution in [2.75, 3.05) is 0 Å². The van der Waals surface area contributed by atoms with Crippen LogP contribution in [0.5, 0.6) is 11.5 Å². The Morgan fingerprint density at radius 2 is 1.10 bits per heavy atom. The molecule has 5 heteroatoms. The van der Waals surface area contributed by atoms with Gasteiger partial charge in [0.05, 0.1) is 39.0 Å². The van der Waals surface area contributed by atoms with Crippen LogP contribution in [0, 0.1) is 0 Å². The lowest BCUT2D eigenvalue weighted by molar-refractivity contribution is 0.483. The zero-order valence-corrected chi connectivity index (χ0v) is 26.4. The molecule has 0 aliphatic rings. The lowest BCUT2D eigenvalue weighted by atomic mass is 10.1.